The first kappa shape index (κ1) is 11.4. The number of benzene rings is 1. The van der Waals surface area contributed by atoms with Gasteiger partial charge in [0, 0.05) is 12.7 Å². The summed E-state index contributed by atoms with van der Waals surface area (Å²) in [5.41, 5.74) is 7.44. The highest BCUT2D eigenvalue weighted by atomic mass is 16.5. The largest absolute Gasteiger partial charge is 0.485 e. The standard InChI is InChI=1S/C12H16N4O/c1-8-6-10(13)4-5-11(8)17-7-12-15-14-9(2)16(12)3/h4-6H,7,13H2,1-3H3. The number of nitrogens with two attached hydrogens (primary N) is 1. The number of ether oxygens (including phenoxy) is 1. The van der Waals surface area contributed by atoms with Crippen molar-refractivity contribution in [3.63, 3.8) is 0 Å². The first-order valence-corrected chi connectivity index (χ1v) is 5.41. The van der Waals surface area contributed by atoms with Crippen molar-refractivity contribution in [2.75, 3.05) is 5.73 Å². The van der Waals surface area contributed by atoms with E-state index in [0.717, 1.165) is 28.6 Å². The van der Waals surface area contributed by atoms with Gasteiger partial charge in [-0.2, -0.15) is 0 Å². The monoisotopic (exact) mass is 232 g/mol. The van der Waals surface area contributed by atoms with Crippen molar-refractivity contribution in [2.24, 2.45) is 7.05 Å². The normalized spacial score (nSPS) is 10.5. The van der Waals surface area contributed by atoms with Gasteiger partial charge < -0.3 is 15.0 Å². The first-order valence-electron chi connectivity index (χ1n) is 5.41. The predicted octanol–water partition coefficient (Wildman–Crippen LogP) is 1.59. The fourth-order valence-electron chi connectivity index (χ4n) is 1.55. The third-order valence-electron chi connectivity index (χ3n) is 2.74. The van der Waals surface area contributed by atoms with Crippen LogP contribution in [0.2, 0.25) is 0 Å². The van der Waals surface area contributed by atoms with Crippen LogP contribution in [-0.4, -0.2) is 14.8 Å². The molecule has 0 saturated heterocycles. The van der Waals surface area contributed by atoms with E-state index in [4.69, 9.17) is 10.5 Å². The Hall–Kier alpha value is -2.04. The van der Waals surface area contributed by atoms with E-state index in [0.29, 0.717) is 6.61 Å². The van der Waals surface area contributed by atoms with Gasteiger partial charge in [0.25, 0.3) is 0 Å². The molecule has 0 saturated carbocycles. The Kier molecular flexibility index (Phi) is 2.99. The minimum Gasteiger partial charge on any atom is -0.485 e. The van der Waals surface area contributed by atoms with Crippen LogP contribution in [0.4, 0.5) is 5.69 Å². The Morgan fingerprint density at radius 3 is 2.65 bits per heavy atom. The van der Waals surface area contributed by atoms with Crippen LogP contribution in [0.5, 0.6) is 5.75 Å². The van der Waals surface area contributed by atoms with Crippen LogP contribution in [0.15, 0.2) is 18.2 Å². The van der Waals surface area contributed by atoms with E-state index in [1.54, 1.807) is 0 Å². The molecule has 0 atom stereocenters. The summed E-state index contributed by atoms with van der Waals surface area (Å²) in [5.74, 6) is 2.50. The Bertz CT molecular complexity index is 533. The Morgan fingerprint density at radius 1 is 1.29 bits per heavy atom. The molecule has 2 rings (SSSR count). The minimum absolute atomic E-state index is 0.405. The molecule has 0 spiro atoms. The number of hydrogen-bond donors (Lipinski definition) is 1. The summed E-state index contributed by atoms with van der Waals surface area (Å²) in [7, 11) is 1.92. The topological polar surface area (TPSA) is 66.0 Å². The lowest BCUT2D eigenvalue weighted by molar-refractivity contribution is 0.289. The van der Waals surface area contributed by atoms with E-state index in [1.807, 2.05) is 43.7 Å². The van der Waals surface area contributed by atoms with E-state index < -0.39 is 0 Å². The molecule has 0 aliphatic carbocycles. The van der Waals surface area contributed by atoms with E-state index in [2.05, 4.69) is 10.2 Å². The summed E-state index contributed by atoms with van der Waals surface area (Å²) >= 11 is 0. The summed E-state index contributed by atoms with van der Waals surface area (Å²) in [6, 6.07) is 5.58. The van der Waals surface area contributed by atoms with Gasteiger partial charge in [-0.25, -0.2) is 0 Å². The minimum atomic E-state index is 0.405. The molecular weight excluding hydrogens is 216 g/mol. The van der Waals surface area contributed by atoms with Crippen molar-refractivity contribution < 1.29 is 4.74 Å². The Morgan fingerprint density at radius 2 is 2.06 bits per heavy atom. The molecule has 0 fully saturated rings. The van der Waals surface area contributed by atoms with Gasteiger partial charge in [-0.05, 0) is 37.6 Å². The number of nitrogens with zero attached hydrogens (tertiary/aromatic N) is 3. The van der Waals surface area contributed by atoms with Crippen LogP contribution in [-0.2, 0) is 13.7 Å². The molecule has 0 bridgehead atoms. The molecular formula is C12H16N4O. The molecule has 2 aromatic rings. The van der Waals surface area contributed by atoms with E-state index in [1.165, 1.54) is 0 Å². The van der Waals surface area contributed by atoms with E-state index >= 15 is 0 Å². The van der Waals surface area contributed by atoms with Gasteiger partial charge in [-0.3, -0.25) is 0 Å². The van der Waals surface area contributed by atoms with Gasteiger partial charge in [-0.1, -0.05) is 0 Å². The molecule has 0 aliphatic rings. The number of aryl methyl sites for hydroxylation is 2. The van der Waals surface area contributed by atoms with Crippen LogP contribution in [0.3, 0.4) is 0 Å². The number of aromatic nitrogens is 3. The van der Waals surface area contributed by atoms with Gasteiger partial charge in [0.05, 0.1) is 0 Å². The second-order valence-corrected chi connectivity index (χ2v) is 4.04. The number of rotatable bonds is 3. The summed E-state index contributed by atoms with van der Waals surface area (Å²) < 4.78 is 7.60. The number of anilines is 1. The number of hydrogen-bond acceptors (Lipinski definition) is 4. The van der Waals surface area contributed by atoms with Crippen molar-refractivity contribution >= 4 is 5.69 Å². The van der Waals surface area contributed by atoms with Crippen molar-refractivity contribution in [3.05, 3.63) is 35.4 Å². The lowest BCUT2D eigenvalue weighted by Crippen LogP contribution is -2.05. The summed E-state index contributed by atoms with van der Waals surface area (Å²) in [4.78, 5) is 0. The quantitative estimate of drug-likeness (QED) is 0.816. The van der Waals surface area contributed by atoms with Crippen molar-refractivity contribution in [2.45, 2.75) is 20.5 Å². The van der Waals surface area contributed by atoms with Crippen LogP contribution >= 0.6 is 0 Å². The lowest BCUT2D eigenvalue weighted by atomic mass is 10.2. The predicted molar refractivity (Wildman–Crippen MR) is 65.7 cm³/mol. The zero-order valence-electron chi connectivity index (χ0n) is 10.3. The Balaban J connectivity index is 2.10. The zero-order chi connectivity index (χ0) is 12.4. The zero-order valence-corrected chi connectivity index (χ0v) is 10.3. The number of nitrogen functional groups attached to an aromatic ring is 1. The molecule has 0 unspecified atom stereocenters. The van der Waals surface area contributed by atoms with Gasteiger partial charge in [0.2, 0.25) is 0 Å². The SMILES string of the molecule is Cc1cc(N)ccc1OCc1nnc(C)n1C. The maximum Gasteiger partial charge on any atom is 0.170 e. The highest BCUT2D eigenvalue weighted by Gasteiger charge is 2.06. The molecule has 0 aliphatic heterocycles. The molecule has 2 N–H and O–H groups in total. The summed E-state index contributed by atoms with van der Waals surface area (Å²) in [6.07, 6.45) is 0. The summed E-state index contributed by atoms with van der Waals surface area (Å²) in [6.45, 7) is 4.28. The Labute approximate surface area is 100 Å². The molecule has 1 aromatic carbocycles. The van der Waals surface area contributed by atoms with Crippen molar-refractivity contribution in [1.82, 2.24) is 14.8 Å². The third kappa shape index (κ3) is 2.38. The van der Waals surface area contributed by atoms with Crippen LogP contribution < -0.4 is 10.5 Å². The lowest BCUT2D eigenvalue weighted by Gasteiger charge is -2.09. The van der Waals surface area contributed by atoms with E-state index in [-0.39, 0.29) is 0 Å². The van der Waals surface area contributed by atoms with Crippen molar-refractivity contribution in [1.29, 1.82) is 0 Å². The average molecular weight is 232 g/mol. The molecule has 0 radical (unpaired) electrons. The molecule has 5 nitrogen and oxygen atoms in total. The van der Waals surface area contributed by atoms with Gasteiger partial charge in [0.1, 0.15) is 18.2 Å². The van der Waals surface area contributed by atoms with Crippen LogP contribution in [0.25, 0.3) is 0 Å². The van der Waals surface area contributed by atoms with Crippen LogP contribution in [0.1, 0.15) is 17.2 Å². The third-order valence-corrected chi connectivity index (χ3v) is 2.74. The highest BCUT2D eigenvalue weighted by molar-refractivity contribution is 5.47. The maximum atomic E-state index is 5.69. The maximum absolute atomic E-state index is 5.69. The van der Waals surface area contributed by atoms with Crippen molar-refractivity contribution in [3.8, 4) is 5.75 Å². The second kappa shape index (κ2) is 4.45. The average Bonchev–Trinajstić information content (AvgIpc) is 2.59. The van der Waals surface area contributed by atoms with E-state index in [9.17, 15) is 0 Å². The molecule has 1 aromatic heterocycles. The molecule has 90 valence electrons. The van der Waals surface area contributed by atoms with Gasteiger partial charge in [0.15, 0.2) is 5.82 Å². The fraction of sp³-hybridized carbons (Fsp3) is 0.333. The van der Waals surface area contributed by atoms with Gasteiger partial charge in [-0.15, -0.1) is 10.2 Å². The summed E-state index contributed by atoms with van der Waals surface area (Å²) in [5, 5.41) is 8.02. The molecule has 17 heavy (non-hydrogen) atoms. The smallest absolute Gasteiger partial charge is 0.170 e. The molecule has 1 heterocycles. The molecule has 5 heteroatoms. The highest BCUT2D eigenvalue weighted by Crippen LogP contribution is 2.20. The molecule has 0 amide bonds. The van der Waals surface area contributed by atoms with Crippen LogP contribution in [0, 0.1) is 13.8 Å². The fourth-order valence-corrected chi connectivity index (χ4v) is 1.55. The second-order valence-electron chi connectivity index (χ2n) is 4.04. The van der Waals surface area contributed by atoms with Gasteiger partial charge >= 0.3 is 0 Å². The first-order chi connectivity index (χ1) is 8.08.